The van der Waals surface area contributed by atoms with Crippen LogP contribution in [0.5, 0.6) is 0 Å². The lowest BCUT2D eigenvalue weighted by Gasteiger charge is -2.40. The van der Waals surface area contributed by atoms with Crippen LogP contribution in [0.25, 0.3) is 0 Å². The zero-order valence-corrected chi connectivity index (χ0v) is 16.2. The Kier molecular flexibility index (Phi) is 5.47. The molecular formula is C23H29NO2. The number of hydrogen-bond donors (Lipinski definition) is 1. The Hall–Kier alpha value is -2.13. The lowest BCUT2D eigenvalue weighted by molar-refractivity contribution is -0.145. The molecule has 1 N–H and O–H groups in total. The summed E-state index contributed by atoms with van der Waals surface area (Å²) < 4.78 is 0. The van der Waals surface area contributed by atoms with Gasteiger partial charge in [0.25, 0.3) is 0 Å². The second-order valence-electron chi connectivity index (χ2n) is 7.77. The monoisotopic (exact) mass is 351 g/mol. The second kappa shape index (κ2) is 7.63. The number of aliphatic carboxylic acids is 1. The summed E-state index contributed by atoms with van der Waals surface area (Å²) in [5.41, 5.74) is 7.30. The highest BCUT2D eigenvalue weighted by atomic mass is 16.4. The van der Waals surface area contributed by atoms with Gasteiger partial charge in [-0.3, -0.25) is 9.69 Å². The number of carboxylic acid groups (broad SMARTS) is 1. The molecule has 0 saturated carbocycles. The number of carboxylic acids is 1. The van der Waals surface area contributed by atoms with Crippen LogP contribution < -0.4 is 0 Å². The van der Waals surface area contributed by atoms with Gasteiger partial charge in [0, 0.05) is 0 Å². The third kappa shape index (κ3) is 3.83. The topological polar surface area (TPSA) is 40.5 Å². The maximum Gasteiger partial charge on any atom is 0.320 e. The molecule has 1 fully saturated rings. The minimum Gasteiger partial charge on any atom is -0.480 e. The molecule has 0 aliphatic carbocycles. The molecule has 1 heterocycles. The van der Waals surface area contributed by atoms with Crippen LogP contribution >= 0.6 is 0 Å². The van der Waals surface area contributed by atoms with Gasteiger partial charge < -0.3 is 5.11 Å². The van der Waals surface area contributed by atoms with Crippen molar-refractivity contribution in [1.29, 1.82) is 0 Å². The molecule has 3 heteroatoms. The van der Waals surface area contributed by atoms with Crippen molar-refractivity contribution in [2.45, 2.75) is 59.0 Å². The normalized spacial score (nSPS) is 19.3. The van der Waals surface area contributed by atoms with Crippen LogP contribution in [0.15, 0.2) is 36.4 Å². The summed E-state index contributed by atoms with van der Waals surface area (Å²) in [4.78, 5) is 14.2. The molecule has 3 rings (SSSR count). The molecule has 0 amide bonds. The summed E-state index contributed by atoms with van der Waals surface area (Å²) in [6.07, 6.45) is 2.76. The number of carbonyl (C=O) groups is 1. The molecule has 0 spiro atoms. The van der Waals surface area contributed by atoms with E-state index >= 15 is 0 Å². The summed E-state index contributed by atoms with van der Waals surface area (Å²) >= 11 is 0. The van der Waals surface area contributed by atoms with E-state index in [9.17, 15) is 9.90 Å². The van der Waals surface area contributed by atoms with Crippen molar-refractivity contribution in [2.24, 2.45) is 0 Å². The SMILES string of the molecule is Cc1cc(C)cc(C(c2cc(C)ccc2C)N2CCCCC2C(=O)O)c1. The standard InChI is InChI=1S/C23H29NO2/c1-15-8-9-18(4)20(14-15)22(19-12-16(2)11-17(3)13-19)24-10-6-5-7-21(24)23(25)26/h8-9,11-14,21-22H,5-7,10H2,1-4H3,(H,25,26). The van der Waals surface area contributed by atoms with E-state index in [1.807, 2.05) is 0 Å². The fourth-order valence-corrected chi connectivity index (χ4v) is 4.30. The highest BCUT2D eigenvalue weighted by Crippen LogP contribution is 2.36. The lowest BCUT2D eigenvalue weighted by atomic mass is 9.87. The third-order valence-corrected chi connectivity index (χ3v) is 5.45. The van der Waals surface area contributed by atoms with Crippen LogP contribution in [0.1, 0.15) is 58.7 Å². The first-order valence-electron chi connectivity index (χ1n) is 9.50. The zero-order chi connectivity index (χ0) is 18.8. The molecule has 0 radical (unpaired) electrons. The van der Waals surface area contributed by atoms with Gasteiger partial charge in [-0.15, -0.1) is 0 Å². The van der Waals surface area contributed by atoms with Gasteiger partial charge in [0.1, 0.15) is 6.04 Å². The Morgan fingerprint density at radius 3 is 2.35 bits per heavy atom. The molecular weight excluding hydrogens is 322 g/mol. The first-order chi connectivity index (χ1) is 12.4. The molecule has 0 bridgehead atoms. The fourth-order valence-electron chi connectivity index (χ4n) is 4.30. The van der Waals surface area contributed by atoms with E-state index in [0.29, 0.717) is 0 Å². The highest BCUT2D eigenvalue weighted by Gasteiger charge is 2.35. The van der Waals surface area contributed by atoms with Crippen molar-refractivity contribution < 1.29 is 9.90 Å². The molecule has 0 aromatic heterocycles. The molecule has 2 atom stereocenters. The first kappa shape index (κ1) is 18.7. The number of piperidine rings is 1. The van der Waals surface area contributed by atoms with Gasteiger partial charge in [0.15, 0.2) is 0 Å². The van der Waals surface area contributed by atoms with Crippen molar-refractivity contribution in [3.05, 3.63) is 69.8 Å². The van der Waals surface area contributed by atoms with Crippen molar-refractivity contribution in [1.82, 2.24) is 4.90 Å². The Morgan fingerprint density at radius 2 is 1.69 bits per heavy atom. The number of hydrogen-bond acceptors (Lipinski definition) is 2. The van der Waals surface area contributed by atoms with Crippen LogP contribution in [0, 0.1) is 27.7 Å². The van der Waals surface area contributed by atoms with E-state index < -0.39 is 12.0 Å². The van der Waals surface area contributed by atoms with Gasteiger partial charge in [0.2, 0.25) is 0 Å². The van der Waals surface area contributed by atoms with E-state index in [1.54, 1.807) is 0 Å². The van der Waals surface area contributed by atoms with Crippen LogP contribution in [-0.2, 0) is 4.79 Å². The van der Waals surface area contributed by atoms with Crippen molar-refractivity contribution >= 4 is 5.97 Å². The quantitative estimate of drug-likeness (QED) is 0.847. The summed E-state index contributed by atoms with van der Waals surface area (Å²) in [6.45, 7) is 9.28. The van der Waals surface area contributed by atoms with Crippen molar-refractivity contribution in [2.75, 3.05) is 6.54 Å². The van der Waals surface area contributed by atoms with Crippen LogP contribution in [0.3, 0.4) is 0 Å². The molecule has 1 aliphatic heterocycles. The molecule has 26 heavy (non-hydrogen) atoms. The molecule has 138 valence electrons. The summed E-state index contributed by atoms with van der Waals surface area (Å²) in [6, 6.07) is 12.7. The fraction of sp³-hybridized carbons (Fsp3) is 0.435. The second-order valence-corrected chi connectivity index (χ2v) is 7.77. The van der Waals surface area contributed by atoms with Gasteiger partial charge in [-0.1, -0.05) is 59.5 Å². The van der Waals surface area contributed by atoms with Crippen LogP contribution in [-0.4, -0.2) is 28.6 Å². The lowest BCUT2D eigenvalue weighted by Crippen LogP contribution is -2.47. The Labute approximate surface area is 156 Å². The molecule has 2 unspecified atom stereocenters. The average Bonchev–Trinajstić information content (AvgIpc) is 2.58. The van der Waals surface area contributed by atoms with Crippen molar-refractivity contribution in [3.63, 3.8) is 0 Å². The smallest absolute Gasteiger partial charge is 0.320 e. The van der Waals surface area contributed by atoms with E-state index in [4.69, 9.17) is 0 Å². The van der Waals surface area contributed by atoms with E-state index in [2.05, 4.69) is 69.0 Å². The zero-order valence-electron chi connectivity index (χ0n) is 16.2. The molecule has 1 saturated heterocycles. The Balaban J connectivity index is 2.18. The maximum absolute atomic E-state index is 12.0. The maximum atomic E-state index is 12.0. The summed E-state index contributed by atoms with van der Waals surface area (Å²) in [5.74, 6) is -0.704. The van der Waals surface area contributed by atoms with Gasteiger partial charge in [-0.05, 0) is 63.8 Å². The minimum atomic E-state index is -0.704. The largest absolute Gasteiger partial charge is 0.480 e. The molecule has 3 nitrogen and oxygen atoms in total. The number of likely N-dealkylation sites (tertiary alicyclic amines) is 1. The summed E-state index contributed by atoms with van der Waals surface area (Å²) in [5, 5.41) is 9.84. The van der Waals surface area contributed by atoms with Gasteiger partial charge in [-0.25, -0.2) is 0 Å². The van der Waals surface area contributed by atoms with Crippen LogP contribution in [0.4, 0.5) is 0 Å². The van der Waals surface area contributed by atoms with Crippen molar-refractivity contribution in [3.8, 4) is 0 Å². The summed E-state index contributed by atoms with van der Waals surface area (Å²) in [7, 11) is 0. The van der Waals surface area contributed by atoms with E-state index in [1.165, 1.54) is 33.4 Å². The molecule has 2 aromatic carbocycles. The number of nitrogens with zero attached hydrogens (tertiary/aromatic N) is 1. The number of benzene rings is 2. The Bertz CT molecular complexity index is 792. The van der Waals surface area contributed by atoms with Gasteiger partial charge in [0.05, 0.1) is 6.04 Å². The predicted molar refractivity (Wildman–Crippen MR) is 106 cm³/mol. The highest BCUT2D eigenvalue weighted by molar-refractivity contribution is 5.73. The average molecular weight is 351 g/mol. The molecule has 1 aliphatic rings. The van der Waals surface area contributed by atoms with Crippen LogP contribution in [0.2, 0.25) is 0 Å². The first-order valence-corrected chi connectivity index (χ1v) is 9.50. The molecule has 2 aromatic rings. The minimum absolute atomic E-state index is 0.0186. The van der Waals surface area contributed by atoms with Gasteiger partial charge in [-0.2, -0.15) is 0 Å². The predicted octanol–water partition coefficient (Wildman–Crippen LogP) is 4.95. The van der Waals surface area contributed by atoms with E-state index in [-0.39, 0.29) is 6.04 Å². The van der Waals surface area contributed by atoms with Gasteiger partial charge >= 0.3 is 5.97 Å². The van der Waals surface area contributed by atoms with E-state index in [0.717, 1.165) is 25.8 Å². The third-order valence-electron chi connectivity index (χ3n) is 5.45. The Morgan fingerprint density at radius 1 is 1.00 bits per heavy atom. The number of rotatable bonds is 4. The number of aryl methyl sites for hydroxylation is 4.